The summed E-state index contributed by atoms with van der Waals surface area (Å²) in [7, 11) is 0. The van der Waals surface area contributed by atoms with Crippen molar-refractivity contribution in [1.82, 2.24) is 4.98 Å². The molecule has 4 nitrogen and oxygen atoms in total. The first-order chi connectivity index (χ1) is 9.29. The van der Waals surface area contributed by atoms with Crippen LogP contribution in [0.15, 0.2) is 36.5 Å². The average Bonchev–Trinajstić information content (AvgIpc) is 2.38. The van der Waals surface area contributed by atoms with Crippen LogP contribution in [0.5, 0.6) is 0 Å². The van der Waals surface area contributed by atoms with Gasteiger partial charge in [0.05, 0.1) is 16.2 Å². The minimum Gasteiger partial charge on any atom is -0.258 e. The Bertz CT molecular complexity index is 671. The van der Waals surface area contributed by atoms with Gasteiger partial charge in [0.1, 0.15) is 5.82 Å². The number of pyridine rings is 1. The molecule has 0 N–H and O–H groups in total. The summed E-state index contributed by atoms with van der Waals surface area (Å²) in [5, 5.41) is 10.6. The predicted octanol–water partition coefficient (Wildman–Crippen LogP) is 3.81. The summed E-state index contributed by atoms with van der Waals surface area (Å²) in [5.41, 5.74) is -2.11. The monoisotopic (exact) mass is 286 g/mol. The number of nitrogens with zero attached hydrogens (tertiary/aromatic N) is 2. The van der Waals surface area contributed by atoms with Crippen molar-refractivity contribution in [3.8, 4) is 11.3 Å². The Labute approximate surface area is 109 Å². The van der Waals surface area contributed by atoms with Crippen molar-refractivity contribution in [3.63, 3.8) is 0 Å². The molecule has 0 fully saturated rings. The van der Waals surface area contributed by atoms with Crippen LogP contribution in [0.25, 0.3) is 11.3 Å². The zero-order chi connectivity index (χ0) is 14.9. The molecule has 1 aromatic carbocycles. The molecule has 0 bridgehead atoms. The van der Waals surface area contributed by atoms with Gasteiger partial charge in [-0.05, 0) is 18.2 Å². The van der Waals surface area contributed by atoms with Gasteiger partial charge >= 0.3 is 6.18 Å². The molecule has 0 saturated heterocycles. The first-order valence-corrected chi connectivity index (χ1v) is 5.26. The first kappa shape index (κ1) is 13.9. The number of aromatic nitrogens is 1. The Morgan fingerprint density at radius 1 is 1.15 bits per heavy atom. The highest BCUT2D eigenvalue weighted by atomic mass is 19.4. The van der Waals surface area contributed by atoms with Crippen molar-refractivity contribution in [2.24, 2.45) is 0 Å². The highest BCUT2D eigenvalue weighted by Crippen LogP contribution is 2.33. The second kappa shape index (κ2) is 4.87. The van der Waals surface area contributed by atoms with Gasteiger partial charge in [-0.1, -0.05) is 0 Å². The molecule has 20 heavy (non-hydrogen) atoms. The maximum atomic E-state index is 13.6. The minimum absolute atomic E-state index is 0.234. The van der Waals surface area contributed by atoms with E-state index in [1.807, 2.05) is 0 Å². The van der Waals surface area contributed by atoms with Crippen molar-refractivity contribution in [3.05, 3.63) is 58.0 Å². The van der Waals surface area contributed by atoms with Gasteiger partial charge in [0.2, 0.25) is 0 Å². The second-order valence-corrected chi connectivity index (χ2v) is 3.85. The Morgan fingerprint density at radius 3 is 2.45 bits per heavy atom. The Balaban J connectivity index is 2.57. The Morgan fingerprint density at radius 2 is 1.85 bits per heavy atom. The molecule has 0 radical (unpaired) electrons. The maximum absolute atomic E-state index is 13.6. The highest BCUT2D eigenvalue weighted by molar-refractivity contribution is 5.63. The van der Waals surface area contributed by atoms with Gasteiger partial charge in [-0.25, -0.2) is 4.39 Å². The molecule has 0 unspecified atom stereocenters. The van der Waals surface area contributed by atoms with E-state index in [0.717, 1.165) is 18.3 Å². The second-order valence-electron chi connectivity index (χ2n) is 3.85. The fourth-order valence-electron chi connectivity index (χ4n) is 1.58. The van der Waals surface area contributed by atoms with Gasteiger partial charge in [0.25, 0.3) is 5.69 Å². The van der Waals surface area contributed by atoms with Gasteiger partial charge in [-0.3, -0.25) is 15.1 Å². The molecule has 8 heteroatoms. The lowest BCUT2D eigenvalue weighted by Gasteiger charge is -2.09. The van der Waals surface area contributed by atoms with Crippen molar-refractivity contribution >= 4 is 5.69 Å². The van der Waals surface area contributed by atoms with Crippen LogP contribution >= 0.6 is 0 Å². The molecule has 0 aliphatic carbocycles. The molecular weight excluding hydrogens is 280 g/mol. The third-order valence-electron chi connectivity index (χ3n) is 2.52. The van der Waals surface area contributed by atoms with Crippen molar-refractivity contribution in [1.29, 1.82) is 0 Å². The van der Waals surface area contributed by atoms with E-state index >= 15 is 0 Å². The number of alkyl halides is 3. The van der Waals surface area contributed by atoms with E-state index < -0.39 is 28.0 Å². The van der Waals surface area contributed by atoms with Crippen LogP contribution in [0, 0.1) is 15.9 Å². The third-order valence-corrected chi connectivity index (χ3v) is 2.52. The Hall–Kier alpha value is -2.51. The number of nitro groups is 1. The van der Waals surface area contributed by atoms with Gasteiger partial charge in [0, 0.05) is 23.9 Å². The number of benzene rings is 1. The quantitative estimate of drug-likeness (QED) is 0.479. The molecule has 0 aliphatic rings. The predicted molar refractivity (Wildman–Crippen MR) is 61.3 cm³/mol. The molecule has 1 aromatic heterocycles. The third kappa shape index (κ3) is 2.73. The summed E-state index contributed by atoms with van der Waals surface area (Å²) in [6.45, 7) is 0. The minimum atomic E-state index is -4.64. The normalized spacial score (nSPS) is 11.4. The lowest BCUT2D eigenvalue weighted by molar-refractivity contribution is -0.384. The molecule has 0 spiro atoms. The van der Waals surface area contributed by atoms with Crippen LogP contribution in [0.3, 0.4) is 0 Å². The molecule has 0 aliphatic heterocycles. The zero-order valence-corrected chi connectivity index (χ0v) is 9.69. The van der Waals surface area contributed by atoms with Gasteiger partial charge in [-0.15, -0.1) is 0 Å². The van der Waals surface area contributed by atoms with Crippen molar-refractivity contribution < 1.29 is 22.5 Å². The zero-order valence-electron chi connectivity index (χ0n) is 9.69. The van der Waals surface area contributed by atoms with Crippen LogP contribution in [-0.4, -0.2) is 9.91 Å². The van der Waals surface area contributed by atoms with E-state index in [2.05, 4.69) is 4.98 Å². The van der Waals surface area contributed by atoms with Crippen molar-refractivity contribution in [2.75, 3.05) is 0 Å². The molecule has 104 valence electrons. The summed E-state index contributed by atoms with van der Waals surface area (Å²) >= 11 is 0. The lowest BCUT2D eigenvalue weighted by atomic mass is 10.1. The summed E-state index contributed by atoms with van der Waals surface area (Å²) in [5.74, 6) is -0.939. The van der Waals surface area contributed by atoms with E-state index in [4.69, 9.17) is 0 Å². The van der Waals surface area contributed by atoms with Crippen LogP contribution in [-0.2, 0) is 6.18 Å². The van der Waals surface area contributed by atoms with Crippen LogP contribution in [0.4, 0.5) is 23.2 Å². The average molecular weight is 286 g/mol. The molecule has 1 heterocycles. The summed E-state index contributed by atoms with van der Waals surface area (Å²) in [4.78, 5) is 13.5. The largest absolute Gasteiger partial charge is 0.416 e. The van der Waals surface area contributed by atoms with Gasteiger partial charge < -0.3 is 0 Å². The fourth-order valence-corrected chi connectivity index (χ4v) is 1.58. The fraction of sp³-hybridized carbons (Fsp3) is 0.0833. The first-order valence-electron chi connectivity index (χ1n) is 5.26. The molecular formula is C12H6F4N2O2. The molecule has 2 aromatic rings. The van der Waals surface area contributed by atoms with E-state index in [1.165, 1.54) is 0 Å². The van der Waals surface area contributed by atoms with Gasteiger partial charge in [-0.2, -0.15) is 13.2 Å². The summed E-state index contributed by atoms with van der Waals surface area (Å²) in [6, 6.07) is 3.80. The molecule has 0 amide bonds. The smallest absolute Gasteiger partial charge is 0.258 e. The van der Waals surface area contributed by atoms with E-state index in [9.17, 15) is 27.7 Å². The van der Waals surface area contributed by atoms with E-state index in [-0.39, 0.29) is 11.4 Å². The number of halogens is 4. The lowest BCUT2D eigenvalue weighted by Crippen LogP contribution is -2.05. The Kier molecular flexibility index (Phi) is 3.39. The SMILES string of the molecule is O=[N+]([O-])c1ccnc(-c2cc(C(F)(F)F)ccc2F)c1. The van der Waals surface area contributed by atoms with E-state index in [0.29, 0.717) is 18.2 Å². The van der Waals surface area contributed by atoms with Crippen molar-refractivity contribution in [2.45, 2.75) is 6.18 Å². The number of rotatable bonds is 2. The number of hydrogen-bond donors (Lipinski definition) is 0. The van der Waals surface area contributed by atoms with Crippen LogP contribution in [0.1, 0.15) is 5.56 Å². The van der Waals surface area contributed by atoms with Crippen LogP contribution < -0.4 is 0 Å². The molecule has 0 atom stereocenters. The summed E-state index contributed by atoms with van der Waals surface area (Å²) < 4.78 is 51.3. The molecule has 0 saturated carbocycles. The standard InChI is InChI=1S/C12H6F4N2O2/c13-10-2-1-7(12(14,15)16)5-9(10)11-6-8(18(19)20)3-4-17-11/h1-6H. The number of hydrogen-bond acceptors (Lipinski definition) is 3. The highest BCUT2D eigenvalue weighted by Gasteiger charge is 2.31. The van der Waals surface area contributed by atoms with Crippen LogP contribution in [0.2, 0.25) is 0 Å². The topological polar surface area (TPSA) is 56.0 Å². The molecule has 2 rings (SSSR count). The summed E-state index contributed by atoms with van der Waals surface area (Å²) in [6.07, 6.45) is -3.60. The van der Waals surface area contributed by atoms with E-state index in [1.54, 1.807) is 0 Å². The van der Waals surface area contributed by atoms with Gasteiger partial charge in [0.15, 0.2) is 0 Å². The maximum Gasteiger partial charge on any atom is 0.416 e.